The van der Waals surface area contributed by atoms with Crippen molar-refractivity contribution < 1.29 is 12.9 Å². The predicted octanol–water partition coefficient (Wildman–Crippen LogP) is 1.97. The van der Waals surface area contributed by atoms with Gasteiger partial charge in [-0.1, -0.05) is 28.9 Å². The summed E-state index contributed by atoms with van der Waals surface area (Å²) < 4.78 is 30.5. The smallest absolute Gasteiger partial charge is 0.242 e. The molecule has 1 atom stereocenters. The molecule has 1 aliphatic rings. The largest absolute Gasteiger partial charge is 0.338 e. The average Bonchev–Trinajstić information content (AvgIpc) is 2.99. The minimum atomic E-state index is -3.19. The fourth-order valence-corrected chi connectivity index (χ4v) is 4.30. The van der Waals surface area contributed by atoms with Crippen molar-refractivity contribution in [3.8, 4) is 11.4 Å². The van der Waals surface area contributed by atoms with Gasteiger partial charge in [0.2, 0.25) is 21.7 Å². The van der Waals surface area contributed by atoms with E-state index in [0.717, 1.165) is 11.1 Å². The van der Waals surface area contributed by atoms with Gasteiger partial charge < -0.3 is 4.52 Å². The van der Waals surface area contributed by atoms with Crippen molar-refractivity contribution in [2.45, 2.75) is 32.9 Å². The van der Waals surface area contributed by atoms with Gasteiger partial charge in [-0.2, -0.15) is 9.29 Å². The van der Waals surface area contributed by atoms with Crippen LogP contribution in [0.1, 0.15) is 24.8 Å². The van der Waals surface area contributed by atoms with Crippen LogP contribution in [0.15, 0.2) is 28.8 Å². The van der Waals surface area contributed by atoms with Crippen LogP contribution in [0.25, 0.3) is 11.4 Å². The monoisotopic (exact) mass is 307 g/mol. The molecular weight excluding hydrogens is 290 g/mol. The van der Waals surface area contributed by atoms with Crippen molar-refractivity contribution in [1.29, 1.82) is 0 Å². The van der Waals surface area contributed by atoms with Crippen LogP contribution in [0, 0.1) is 6.92 Å². The quantitative estimate of drug-likeness (QED) is 0.866. The number of aromatic nitrogens is 2. The lowest BCUT2D eigenvalue weighted by atomic mass is 10.1. The highest BCUT2D eigenvalue weighted by Crippen LogP contribution is 2.24. The van der Waals surface area contributed by atoms with E-state index in [2.05, 4.69) is 10.1 Å². The lowest BCUT2D eigenvalue weighted by molar-refractivity contribution is 0.291. The van der Waals surface area contributed by atoms with Crippen molar-refractivity contribution in [3.05, 3.63) is 35.7 Å². The number of aryl methyl sites for hydroxylation is 1. The van der Waals surface area contributed by atoms with E-state index >= 15 is 0 Å². The van der Waals surface area contributed by atoms with Gasteiger partial charge in [-0.3, -0.25) is 0 Å². The van der Waals surface area contributed by atoms with Gasteiger partial charge in [-0.15, -0.1) is 0 Å². The molecule has 0 amide bonds. The maximum Gasteiger partial charge on any atom is 0.242 e. The first-order chi connectivity index (χ1) is 9.95. The summed E-state index contributed by atoms with van der Waals surface area (Å²) in [7, 11) is -3.19. The van der Waals surface area contributed by atoms with Gasteiger partial charge in [0.1, 0.15) is 0 Å². The molecule has 1 saturated heterocycles. The Morgan fingerprint density at radius 2 is 2.24 bits per heavy atom. The molecule has 112 valence electrons. The second-order valence-corrected chi connectivity index (χ2v) is 7.42. The molecule has 0 bridgehead atoms. The van der Waals surface area contributed by atoms with Crippen molar-refractivity contribution in [2.24, 2.45) is 0 Å². The molecule has 1 fully saturated rings. The summed E-state index contributed by atoms with van der Waals surface area (Å²) in [5, 5.41) is 3.93. The highest BCUT2D eigenvalue weighted by molar-refractivity contribution is 7.89. The Kier molecular flexibility index (Phi) is 3.54. The summed E-state index contributed by atoms with van der Waals surface area (Å²) in [5.74, 6) is 0.995. The maximum atomic E-state index is 11.9. The molecule has 2 heterocycles. The lowest BCUT2D eigenvalue weighted by Gasteiger charge is -2.16. The Morgan fingerprint density at radius 1 is 1.43 bits per heavy atom. The standard InChI is InChI=1S/C14H17N3O3S/c1-10-4-3-5-12(8-10)14-15-13(20-16-14)9-17-11(2)6-7-21(17,18)19/h3-5,8,11H,6-7,9H2,1-2H3. The van der Waals surface area contributed by atoms with E-state index in [1.165, 1.54) is 4.31 Å². The molecule has 1 aliphatic heterocycles. The van der Waals surface area contributed by atoms with Crippen molar-refractivity contribution in [1.82, 2.24) is 14.4 Å². The van der Waals surface area contributed by atoms with E-state index in [0.29, 0.717) is 18.1 Å². The first-order valence-corrected chi connectivity index (χ1v) is 8.46. The molecule has 21 heavy (non-hydrogen) atoms. The molecule has 0 aliphatic carbocycles. The number of benzene rings is 1. The zero-order valence-electron chi connectivity index (χ0n) is 12.0. The molecule has 2 aromatic rings. The Bertz CT molecular complexity index is 754. The molecule has 0 N–H and O–H groups in total. The van der Waals surface area contributed by atoms with E-state index in [1.807, 2.05) is 38.1 Å². The highest BCUT2D eigenvalue weighted by atomic mass is 32.2. The van der Waals surface area contributed by atoms with Gasteiger partial charge in [0.15, 0.2) is 0 Å². The molecule has 1 aromatic heterocycles. The van der Waals surface area contributed by atoms with Crippen LogP contribution in [0.4, 0.5) is 0 Å². The van der Waals surface area contributed by atoms with Crippen LogP contribution in [-0.4, -0.2) is 34.7 Å². The van der Waals surface area contributed by atoms with Gasteiger partial charge in [0.25, 0.3) is 0 Å². The lowest BCUT2D eigenvalue weighted by Crippen LogP contribution is -2.30. The molecule has 3 rings (SSSR count). The number of nitrogens with zero attached hydrogens (tertiary/aromatic N) is 3. The summed E-state index contributed by atoms with van der Waals surface area (Å²) in [6.07, 6.45) is 0.640. The second-order valence-electron chi connectivity index (χ2n) is 5.38. The van der Waals surface area contributed by atoms with E-state index in [-0.39, 0.29) is 18.3 Å². The van der Waals surface area contributed by atoms with E-state index < -0.39 is 10.0 Å². The SMILES string of the molecule is Cc1cccc(-c2noc(CN3C(C)CCS3(=O)=O)n2)c1. The Hall–Kier alpha value is -1.73. The van der Waals surface area contributed by atoms with Crippen LogP contribution in [0.2, 0.25) is 0 Å². The summed E-state index contributed by atoms with van der Waals surface area (Å²) >= 11 is 0. The van der Waals surface area contributed by atoms with Gasteiger partial charge in [-0.25, -0.2) is 8.42 Å². The van der Waals surface area contributed by atoms with E-state index in [1.54, 1.807) is 0 Å². The normalized spacial score (nSPS) is 21.7. The van der Waals surface area contributed by atoms with Gasteiger partial charge >= 0.3 is 0 Å². The highest BCUT2D eigenvalue weighted by Gasteiger charge is 2.35. The molecule has 1 aromatic carbocycles. The first kappa shape index (κ1) is 14.2. The molecule has 7 heteroatoms. The first-order valence-electron chi connectivity index (χ1n) is 6.85. The topological polar surface area (TPSA) is 76.3 Å². The van der Waals surface area contributed by atoms with Crippen LogP contribution in [0.3, 0.4) is 0 Å². The third kappa shape index (κ3) is 2.84. The fraction of sp³-hybridized carbons (Fsp3) is 0.429. The predicted molar refractivity (Wildman–Crippen MR) is 77.9 cm³/mol. The Balaban J connectivity index is 1.83. The van der Waals surface area contributed by atoms with Crippen molar-refractivity contribution >= 4 is 10.0 Å². The molecule has 6 nitrogen and oxygen atoms in total. The van der Waals surface area contributed by atoms with E-state index in [4.69, 9.17) is 4.52 Å². The summed E-state index contributed by atoms with van der Waals surface area (Å²) in [6, 6.07) is 7.75. The molecule has 1 unspecified atom stereocenters. The van der Waals surface area contributed by atoms with Crippen LogP contribution < -0.4 is 0 Å². The zero-order chi connectivity index (χ0) is 15.0. The molecular formula is C14H17N3O3S. The minimum Gasteiger partial charge on any atom is -0.338 e. The number of hydrogen-bond donors (Lipinski definition) is 0. The third-order valence-corrected chi connectivity index (χ3v) is 5.63. The Morgan fingerprint density at radius 3 is 2.90 bits per heavy atom. The summed E-state index contributed by atoms with van der Waals surface area (Å²) in [5.41, 5.74) is 1.97. The van der Waals surface area contributed by atoms with Crippen LogP contribution in [0.5, 0.6) is 0 Å². The maximum absolute atomic E-state index is 11.9. The summed E-state index contributed by atoms with van der Waals surface area (Å²) in [6.45, 7) is 4.02. The number of hydrogen-bond acceptors (Lipinski definition) is 5. The summed E-state index contributed by atoms with van der Waals surface area (Å²) in [4.78, 5) is 4.30. The van der Waals surface area contributed by atoms with Crippen molar-refractivity contribution in [2.75, 3.05) is 5.75 Å². The van der Waals surface area contributed by atoms with Crippen LogP contribution in [-0.2, 0) is 16.6 Å². The average molecular weight is 307 g/mol. The number of sulfonamides is 1. The van der Waals surface area contributed by atoms with Gasteiger partial charge in [-0.05, 0) is 26.3 Å². The van der Waals surface area contributed by atoms with Gasteiger partial charge in [0.05, 0.1) is 12.3 Å². The minimum absolute atomic E-state index is 0.0238. The second kappa shape index (κ2) is 5.23. The molecule has 0 saturated carbocycles. The molecule has 0 spiro atoms. The van der Waals surface area contributed by atoms with Crippen molar-refractivity contribution in [3.63, 3.8) is 0 Å². The van der Waals surface area contributed by atoms with Crippen LogP contribution >= 0.6 is 0 Å². The fourth-order valence-electron chi connectivity index (χ4n) is 2.46. The van der Waals surface area contributed by atoms with E-state index in [9.17, 15) is 8.42 Å². The number of rotatable bonds is 3. The molecule has 0 radical (unpaired) electrons. The Labute approximate surface area is 123 Å². The van der Waals surface area contributed by atoms with Gasteiger partial charge in [0, 0.05) is 11.6 Å². The zero-order valence-corrected chi connectivity index (χ0v) is 12.8. The third-order valence-electron chi connectivity index (χ3n) is 3.68.